The Labute approximate surface area is 575 Å². The first kappa shape index (κ1) is 92.1. The summed E-state index contributed by atoms with van der Waals surface area (Å²) in [7, 11) is -9.91. The van der Waals surface area contributed by atoms with E-state index in [-0.39, 0.29) is 25.7 Å². The van der Waals surface area contributed by atoms with Crippen molar-refractivity contribution in [3.8, 4) is 0 Å². The molecule has 0 amide bonds. The number of carbonyl (C=O) groups excluding carboxylic acids is 4. The third-order valence-electron chi connectivity index (χ3n) is 17.3. The molecule has 0 rings (SSSR count). The van der Waals surface area contributed by atoms with Gasteiger partial charge in [-0.2, -0.15) is 0 Å². The molecule has 0 aromatic rings. The summed E-state index contributed by atoms with van der Waals surface area (Å²) in [5.41, 5.74) is 0. The Hall–Kier alpha value is -1.94. The maximum atomic E-state index is 13.0. The molecule has 5 atom stereocenters. The van der Waals surface area contributed by atoms with E-state index >= 15 is 0 Å². The van der Waals surface area contributed by atoms with Crippen molar-refractivity contribution in [2.45, 2.75) is 395 Å². The minimum atomic E-state index is -4.96. The number of carbonyl (C=O) groups is 4. The van der Waals surface area contributed by atoms with Crippen LogP contribution in [0.1, 0.15) is 376 Å². The Morgan fingerprint density at radius 1 is 0.266 bits per heavy atom. The second-order valence-corrected chi connectivity index (χ2v) is 31.9. The molecule has 0 heterocycles. The summed E-state index contributed by atoms with van der Waals surface area (Å²) >= 11 is 0. The smallest absolute Gasteiger partial charge is 0.462 e. The second kappa shape index (κ2) is 64.4. The fourth-order valence-corrected chi connectivity index (χ4v) is 13.0. The molecular formula is C75H146O17P2. The van der Waals surface area contributed by atoms with Gasteiger partial charge in [0.25, 0.3) is 0 Å². The Bertz CT molecular complexity index is 1850. The zero-order valence-electron chi connectivity index (χ0n) is 61.6. The van der Waals surface area contributed by atoms with Crippen LogP contribution in [0.15, 0.2) is 0 Å². The molecular weight excluding hydrogens is 1230 g/mol. The van der Waals surface area contributed by atoms with Crippen LogP contribution in [0.4, 0.5) is 0 Å². The SMILES string of the molecule is CC(C)CCCCCCCCCCCCCCCCCC(=O)O[C@H](COC(=O)CCCCCCCCCC(C)C)COP(=O)(O)OCC(O)COP(=O)(O)OC[C@@H](COC(=O)CCCCCCCCC(C)C)OC(=O)CCCCCCCCCCCCCCCCC(C)C. The van der Waals surface area contributed by atoms with Crippen molar-refractivity contribution in [1.29, 1.82) is 0 Å². The topological polar surface area (TPSA) is 237 Å². The molecule has 0 aromatic heterocycles. The van der Waals surface area contributed by atoms with Crippen LogP contribution in [-0.4, -0.2) is 96.7 Å². The highest BCUT2D eigenvalue weighted by atomic mass is 31.2. The highest BCUT2D eigenvalue weighted by Crippen LogP contribution is 2.45. The van der Waals surface area contributed by atoms with Crippen molar-refractivity contribution in [2.24, 2.45) is 23.7 Å². The second-order valence-electron chi connectivity index (χ2n) is 28.9. The van der Waals surface area contributed by atoms with Crippen LogP contribution < -0.4 is 0 Å². The lowest BCUT2D eigenvalue weighted by molar-refractivity contribution is -0.161. The zero-order chi connectivity index (χ0) is 69.6. The first-order chi connectivity index (χ1) is 45.1. The highest BCUT2D eigenvalue weighted by molar-refractivity contribution is 7.47. The first-order valence-electron chi connectivity index (χ1n) is 38.7. The van der Waals surface area contributed by atoms with Crippen LogP contribution in [0.25, 0.3) is 0 Å². The van der Waals surface area contributed by atoms with Gasteiger partial charge in [0.2, 0.25) is 0 Å². The van der Waals surface area contributed by atoms with Gasteiger partial charge in [-0.25, -0.2) is 9.13 Å². The van der Waals surface area contributed by atoms with Gasteiger partial charge in [-0.05, 0) is 49.4 Å². The lowest BCUT2D eigenvalue weighted by atomic mass is 10.0. The third-order valence-corrected chi connectivity index (χ3v) is 19.2. The number of hydrogen-bond acceptors (Lipinski definition) is 15. The van der Waals surface area contributed by atoms with E-state index in [0.717, 1.165) is 115 Å². The number of aliphatic hydroxyl groups is 1. The van der Waals surface area contributed by atoms with E-state index in [1.165, 1.54) is 167 Å². The van der Waals surface area contributed by atoms with Gasteiger partial charge >= 0.3 is 39.5 Å². The van der Waals surface area contributed by atoms with Crippen molar-refractivity contribution in [3.05, 3.63) is 0 Å². The van der Waals surface area contributed by atoms with Crippen LogP contribution in [0.5, 0.6) is 0 Å². The normalized spacial score (nSPS) is 14.2. The zero-order valence-corrected chi connectivity index (χ0v) is 63.4. The molecule has 0 aliphatic rings. The summed E-state index contributed by atoms with van der Waals surface area (Å²) in [5.74, 6) is 0.857. The van der Waals surface area contributed by atoms with Gasteiger partial charge in [0.1, 0.15) is 19.3 Å². The molecule has 3 N–H and O–H groups in total. The van der Waals surface area contributed by atoms with Crippen LogP contribution in [-0.2, 0) is 65.4 Å². The van der Waals surface area contributed by atoms with E-state index in [2.05, 4.69) is 55.4 Å². The summed E-state index contributed by atoms with van der Waals surface area (Å²) < 4.78 is 68.4. The van der Waals surface area contributed by atoms with Gasteiger partial charge in [0.15, 0.2) is 12.2 Å². The predicted octanol–water partition coefficient (Wildman–Crippen LogP) is 21.7. The standard InChI is InChI=1S/C75H146O17P2/c1-65(2)51-43-35-27-22-18-14-10-9-11-16-20-24-30-41-49-57-74(79)91-70(61-85-72(77)55-47-39-32-26-29-37-45-53-67(5)6)63-89-93(81,82)87-59-69(76)60-88-94(83,84)90-64-71(62-86-73(78)56-48-40-34-33-38-46-54-68(7)8)92-75(80)58-50-42-31-25-21-17-13-12-15-19-23-28-36-44-52-66(3)4/h65-71,76H,9-64H2,1-8H3,(H,81,82)(H,83,84)/t69?,70-,71-/m1/s1. The van der Waals surface area contributed by atoms with E-state index in [0.29, 0.717) is 37.5 Å². The summed E-state index contributed by atoms with van der Waals surface area (Å²) in [6.07, 6.45) is 48.9. The fraction of sp³-hybridized carbons (Fsp3) is 0.947. The van der Waals surface area contributed by atoms with E-state index in [4.69, 9.17) is 37.0 Å². The van der Waals surface area contributed by atoms with Crippen LogP contribution in [0.2, 0.25) is 0 Å². The Kier molecular flexibility index (Phi) is 63.1. The van der Waals surface area contributed by atoms with Crippen LogP contribution in [0.3, 0.4) is 0 Å². The molecule has 17 nitrogen and oxygen atoms in total. The Morgan fingerprint density at radius 3 is 0.660 bits per heavy atom. The maximum absolute atomic E-state index is 13.0. The maximum Gasteiger partial charge on any atom is 0.472 e. The van der Waals surface area contributed by atoms with Crippen molar-refractivity contribution in [1.82, 2.24) is 0 Å². The van der Waals surface area contributed by atoms with Crippen molar-refractivity contribution >= 4 is 39.5 Å². The molecule has 0 spiro atoms. The number of esters is 4. The Morgan fingerprint density at radius 2 is 0.447 bits per heavy atom. The molecule has 0 aliphatic heterocycles. The molecule has 0 aliphatic carbocycles. The number of hydrogen-bond donors (Lipinski definition) is 3. The first-order valence-corrected chi connectivity index (χ1v) is 41.7. The summed E-state index contributed by atoms with van der Waals surface area (Å²) in [6.45, 7) is 14.1. The van der Waals surface area contributed by atoms with E-state index in [1.54, 1.807) is 0 Å². The lowest BCUT2D eigenvalue weighted by Gasteiger charge is -2.21. The number of rotatable bonds is 72. The van der Waals surface area contributed by atoms with E-state index in [9.17, 15) is 43.2 Å². The van der Waals surface area contributed by atoms with Gasteiger partial charge in [0, 0.05) is 25.7 Å². The van der Waals surface area contributed by atoms with Gasteiger partial charge in [-0.3, -0.25) is 37.3 Å². The minimum absolute atomic E-state index is 0.106. The summed E-state index contributed by atoms with van der Waals surface area (Å²) in [6, 6.07) is 0. The summed E-state index contributed by atoms with van der Waals surface area (Å²) in [5, 5.41) is 10.6. The van der Waals surface area contributed by atoms with Crippen LogP contribution in [0, 0.1) is 23.7 Å². The average molecular weight is 1380 g/mol. The predicted molar refractivity (Wildman–Crippen MR) is 381 cm³/mol. The lowest BCUT2D eigenvalue weighted by Crippen LogP contribution is -2.30. The van der Waals surface area contributed by atoms with Crippen LogP contribution >= 0.6 is 15.6 Å². The average Bonchev–Trinajstić information content (AvgIpc) is 1.15. The molecule has 0 saturated heterocycles. The summed E-state index contributed by atoms with van der Waals surface area (Å²) in [4.78, 5) is 72.7. The van der Waals surface area contributed by atoms with Gasteiger partial charge in [0.05, 0.1) is 26.4 Å². The van der Waals surface area contributed by atoms with Crippen molar-refractivity contribution in [2.75, 3.05) is 39.6 Å². The fourth-order valence-electron chi connectivity index (χ4n) is 11.4. The van der Waals surface area contributed by atoms with E-state index in [1.807, 2.05) is 0 Å². The number of unbranched alkanes of at least 4 members (excludes halogenated alkanes) is 38. The number of phosphoric acid groups is 2. The number of ether oxygens (including phenoxy) is 4. The molecule has 0 saturated carbocycles. The monoisotopic (exact) mass is 1380 g/mol. The molecule has 0 bridgehead atoms. The largest absolute Gasteiger partial charge is 0.472 e. The number of aliphatic hydroxyl groups excluding tert-OH is 1. The Balaban J connectivity index is 5.19. The van der Waals surface area contributed by atoms with E-state index < -0.39 is 97.5 Å². The molecule has 0 radical (unpaired) electrons. The molecule has 94 heavy (non-hydrogen) atoms. The van der Waals surface area contributed by atoms with Gasteiger partial charge in [-0.15, -0.1) is 0 Å². The van der Waals surface area contributed by atoms with Gasteiger partial charge in [-0.1, -0.05) is 325 Å². The minimum Gasteiger partial charge on any atom is -0.462 e. The molecule has 3 unspecified atom stereocenters. The molecule has 19 heteroatoms. The molecule has 0 fully saturated rings. The quantitative estimate of drug-likeness (QED) is 0.0222. The van der Waals surface area contributed by atoms with Gasteiger partial charge < -0.3 is 33.8 Å². The third kappa shape index (κ3) is 68.6. The molecule has 0 aromatic carbocycles. The molecule has 558 valence electrons. The van der Waals surface area contributed by atoms with Crippen molar-refractivity contribution in [3.63, 3.8) is 0 Å². The van der Waals surface area contributed by atoms with Crippen molar-refractivity contribution < 1.29 is 80.2 Å². The number of phosphoric ester groups is 2. The highest BCUT2D eigenvalue weighted by Gasteiger charge is 2.30.